The van der Waals surface area contributed by atoms with Crippen molar-refractivity contribution < 1.29 is 13.2 Å². The molecule has 144 valence electrons. The van der Waals surface area contributed by atoms with E-state index in [-0.39, 0.29) is 15.5 Å². The molecule has 0 aliphatic rings. The summed E-state index contributed by atoms with van der Waals surface area (Å²) in [7, 11) is -3.95. The maximum atomic E-state index is 12.7. The van der Waals surface area contributed by atoms with Crippen molar-refractivity contribution in [3.63, 3.8) is 0 Å². The minimum Gasteiger partial charge on any atom is -0.322 e. The molecule has 0 spiro atoms. The van der Waals surface area contributed by atoms with Crippen LogP contribution >= 0.6 is 34.2 Å². The van der Waals surface area contributed by atoms with Gasteiger partial charge in [0.05, 0.1) is 5.02 Å². The third-order valence-corrected chi connectivity index (χ3v) is 6.47. The highest BCUT2D eigenvalue weighted by atomic mass is 127. The number of carbonyl (C=O) groups excluding carboxylic acids is 1. The number of aryl methyl sites for hydroxylation is 1. The van der Waals surface area contributed by atoms with E-state index in [0.29, 0.717) is 11.4 Å². The summed E-state index contributed by atoms with van der Waals surface area (Å²) in [4.78, 5) is 12.4. The van der Waals surface area contributed by atoms with Gasteiger partial charge < -0.3 is 5.32 Å². The van der Waals surface area contributed by atoms with E-state index >= 15 is 0 Å². The van der Waals surface area contributed by atoms with Crippen LogP contribution in [0.15, 0.2) is 71.6 Å². The lowest BCUT2D eigenvalue weighted by atomic mass is 10.2. The Labute approximate surface area is 182 Å². The molecule has 0 aliphatic heterocycles. The van der Waals surface area contributed by atoms with Gasteiger partial charge >= 0.3 is 0 Å². The Bertz CT molecular complexity index is 1120. The largest absolute Gasteiger partial charge is 0.322 e. The molecule has 0 fully saturated rings. The fraction of sp³-hybridized carbons (Fsp3) is 0.0500. The molecule has 0 aromatic heterocycles. The molecule has 5 nitrogen and oxygen atoms in total. The third-order valence-electron chi connectivity index (χ3n) is 3.89. The molecule has 0 aliphatic carbocycles. The minimum absolute atomic E-state index is 0.0328. The van der Waals surface area contributed by atoms with E-state index in [0.717, 1.165) is 9.13 Å². The maximum Gasteiger partial charge on any atom is 0.263 e. The third kappa shape index (κ3) is 5.03. The molecule has 0 unspecified atom stereocenters. The van der Waals surface area contributed by atoms with Crippen LogP contribution in [0.3, 0.4) is 0 Å². The second-order valence-corrected chi connectivity index (χ2v) is 9.38. The summed E-state index contributed by atoms with van der Waals surface area (Å²) in [6.07, 6.45) is 0. The average Bonchev–Trinajstić information content (AvgIpc) is 2.65. The molecular formula is C20H16ClIN2O3S. The number of rotatable bonds is 5. The summed E-state index contributed by atoms with van der Waals surface area (Å²) in [6.45, 7) is 1.91. The van der Waals surface area contributed by atoms with Gasteiger partial charge in [-0.3, -0.25) is 9.52 Å². The van der Waals surface area contributed by atoms with Gasteiger partial charge in [-0.15, -0.1) is 0 Å². The predicted octanol–water partition coefficient (Wildman–Crippen LogP) is 5.31. The summed E-state index contributed by atoms with van der Waals surface area (Å²) >= 11 is 8.27. The molecule has 0 saturated carbocycles. The van der Waals surface area contributed by atoms with E-state index in [9.17, 15) is 13.2 Å². The number of nitrogens with one attached hydrogen (secondary N) is 2. The van der Waals surface area contributed by atoms with Gasteiger partial charge in [-0.2, -0.15) is 0 Å². The van der Waals surface area contributed by atoms with Crippen LogP contribution in [-0.4, -0.2) is 14.3 Å². The number of benzene rings is 3. The Balaban J connectivity index is 1.86. The van der Waals surface area contributed by atoms with Crippen LogP contribution in [0.4, 0.5) is 11.4 Å². The van der Waals surface area contributed by atoms with Gasteiger partial charge in [-0.25, -0.2) is 8.42 Å². The Morgan fingerprint density at radius 2 is 1.54 bits per heavy atom. The van der Waals surface area contributed by atoms with Crippen LogP contribution in [-0.2, 0) is 10.0 Å². The highest BCUT2D eigenvalue weighted by Crippen LogP contribution is 2.26. The van der Waals surface area contributed by atoms with Crippen molar-refractivity contribution in [3.8, 4) is 0 Å². The smallest absolute Gasteiger partial charge is 0.263 e. The lowest BCUT2D eigenvalue weighted by Crippen LogP contribution is -2.16. The predicted molar refractivity (Wildman–Crippen MR) is 121 cm³/mol. The zero-order valence-electron chi connectivity index (χ0n) is 14.7. The van der Waals surface area contributed by atoms with E-state index < -0.39 is 15.9 Å². The van der Waals surface area contributed by atoms with Crippen molar-refractivity contribution in [1.29, 1.82) is 0 Å². The Morgan fingerprint density at radius 1 is 0.929 bits per heavy atom. The van der Waals surface area contributed by atoms with Crippen LogP contribution in [0, 0.1) is 10.5 Å². The van der Waals surface area contributed by atoms with E-state index in [1.54, 1.807) is 36.4 Å². The molecule has 3 aromatic rings. The fourth-order valence-corrected chi connectivity index (χ4v) is 4.36. The number of amides is 1. The van der Waals surface area contributed by atoms with Crippen molar-refractivity contribution >= 4 is 61.5 Å². The topological polar surface area (TPSA) is 75.3 Å². The second-order valence-electron chi connectivity index (χ2n) is 6.08. The molecule has 0 saturated heterocycles. The zero-order valence-corrected chi connectivity index (χ0v) is 18.5. The number of sulfonamides is 1. The standard InChI is InChI=1S/C20H16ClIN2O3S/c1-13-2-7-17(8-3-13)24-28(26,27)19-12-14(4-11-18(19)21)20(25)23-16-9-5-15(22)6-10-16/h2-12,24H,1H3,(H,23,25). The lowest BCUT2D eigenvalue weighted by molar-refractivity contribution is 0.102. The van der Waals surface area contributed by atoms with Crippen LogP contribution < -0.4 is 10.0 Å². The van der Waals surface area contributed by atoms with Gasteiger partial charge in [0.15, 0.2) is 0 Å². The summed E-state index contributed by atoms with van der Waals surface area (Å²) in [5, 5.41) is 2.77. The first-order chi connectivity index (χ1) is 13.2. The Kier molecular flexibility index (Phi) is 6.26. The summed E-state index contributed by atoms with van der Waals surface area (Å²) in [6, 6.07) is 18.3. The SMILES string of the molecule is Cc1ccc(NS(=O)(=O)c2cc(C(=O)Nc3ccc(I)cc3)ccc2Cl)cc1. The highest BCUT2D eigenvalue weighted by Gasteiger charge is 2.20. The Morgan fingerprint density at radius 3 is 2.18 bits per heavy atom. The molecule has 0 radical (unpaired) electrons. The van der Waals surface area contributed by atoms with Gasteiger partial charge in [-0.1, -0.05) is 29.3 Å². The van der Waals surface area contributed by atoms with Crippen molar-refractivity contribution in [2.75, 3.05) is 10.0 Å². The number of hydrogen-bond donors (Lipinski definition) is 2. The average molecular weight is 527 g/mol. The van der Waals surface area contributed by atoms with Crippen molar-refractivity contribution in [3.05, 3.63) is 86.4 Å². The first-order valence-corrected chi connectivity index (χ1v) is 11.1. The molecule has 2 N–H and O–H groups in total. The van der Waals surface area contributed by atoms with Crippen LogP contribution in [0.1, 0.15) is 15.9 Å². The normalized spacial score (nSPS) is 11.1. The van der Waals surface area contributed by atoms with E-state index in [4.69, 9.17) is 11.6 Å². The van der Waals surface area contributed by atoms with E-state index in [2.05, 4.69) is 32.6 Å². The summed E-state index contributed by atoms with van der Waals surface area (Å²) in [5.74, 6) is -0.426. The van der Waals surface area contributed by atoms with Gasteiger partial charge in [0.2, 0.25) is 0 Å². The molecular weight excluding hydrogens is 511 g/mol. The van der Waals surface area contributed by atoms with Crippen molar-refractivity contribution in [2.45, 2.75) is 11.8 Å². The van der Waals surface area contributed by atoms with Crippen LogP contribution in [0.5, 0.6) is 0 Å². The number of hydrogen-bond acceptors (Lipinski definition) is 3. The summed E-state index contributed by atoms with van der Waals surface area (Å²) < 4.78 is 29.0. The fourth-order valence-electron chi connectivity index (χ4n) is 2.42. The molecule has 8 heteroatoms. The van der Waals surface area contributed by atoms with Gasteiger partial charge in [0.25, 0.3) is 15.9 Å². The monoisotopic (exact) mass is 526 g/mol. The highest BCUT2D eigenvalue weighted by molar-refractivity contribution is 14.1. The summed E-state index contributed by atoms with van der Waals surface area (Å²) in [5.41, 5.74) is 2.22. The first kappa shape index (κ1) is 20.6. The number of halogens is 2. The molecule has 3 aromatic carbocycles. The lowest BCUT2D eigenvalue weighted by Gasteiger charge is -2.12. The molecule has 0 bridgehead atoms. The quantitative estimate of drug-likeness (QED) is 0.443. The molecule has 0 atom stereocenters. The molecule has 0 heterocycles. The van der Waals surface area contributed by atoms with Crippen LogP contribution in [0.2, 0.25) is 5.02 Å². The Hall–Kier alpha value is -2.10. The zero-order chi connectivity index (χ0) is 20.3. The number of anilines is 2. The molecule has 1 amide bonds. The van der Waals surface area contributed by atoms with E-state index in [1.807, 2.05) is 19.1 Å². The van der Waals surface area contributed by atoms with Crippen LogP contribution in [0.25, 0.3) is 0 Å². The van der Waals surface area contributed by atoms with Crippen molar-refractivity contribution in [2.24, 2.45) is 0 Å². The molecule has 3 rings (SSSR count). The number of carbonyl (C=O) groups is 1. The minimum atomic E-state index is -3.95. The molecule has 28 heavy (non-hydrogen) atoms. The van der Waals surface area contributed by atoms with E-state index in [1.165, 1.54) is 18.2 Å². The first-order valence-electron chi connectivity index (χ1n) is 8.20. The van der Waals surface area contributed by atoms with Crippen molar-refractivity contribution in [1.82, 2.24) is 0 Å². The van der Waals surface area contributed by atoms with Gasteiger partial charge in [-0.05, 0) is 84.1 Å². The second kappa shape index (κ2) is 8.50. The van der Waals surface area contributed by atoms with Gasteiger partial charge in [0, 0.05) is 20.5 Å². The van der Waals surface area contributed by atoms with Gasteiger partial charge in [0.1, 0.15) is 4.90 Å². The maximum absolute atomic E-state index is 12.7.